The highest BCUT2D eigenvalue weighted by Crippen LogP contribution is 2.34. The van der Waals surface area contributed by atoms with Crippen molar-refractivity contribution in [2.75, 3.05) is 0 Å². The van der Waals surface area contributed by atoms with E-state index in [1.165, 1.54) is 16.7 Å². The zero-order chi connectivity index (χ0) is 19.3. The summed E-state index contributed by atoms with van der Waals surface area (Å²) < 4.78 is 2.07. The van der Waals surface area contributed by atoms with Gasteiger partial charge in [-0.2, -0.15) is 5.10 Å². The summed E-state index contributed by atoms with van der Waals surface area (Å²) in [6.07, 6.45) is 1.96. The molecule has 0 bridgehead atoms. The second kappa shape index (κ2) is 6.31. The highest BCUT2D eigenvalue weighted by Gasteiger charge is 2.17. The molecule has 0 atom stereocenters. The van der Waals surface area contributed by atoms with Gasteiger partial charge in [0.25, 0.3) is 0 Å². The molecule has 0 N–H and O–H groups in total. The van der Waals surface area contributed by atoms with Crippen LogP contribution in [0.25, 0.3) is 38.8 Å². The topological polar surface area (TPSA) is 30.7 Å². The Kier molecular flexibility index (Phi) is 3.76. The molecule has 136 valence electrons. The van der Waals surface area contributed by atoms with Gasteiger partial charge in [0, 0.05) is 22.5 Å². The van der Waals surface area contributed by atoms with E-state index in [4.69, 9.17) is 10.1 Å². The number of aryl methyl sites for hydroxylation is 3. The Balaban J connectivity index is 1.91. The maximum Gasteiger partial charge on any atom is 0.102 e. The smallest absolute Gasteiger partial charge is 0.102 e. The summed E-state index contributed by atoms with van der Waals surface area (Å²) in [5, 5.41) is 7.24. The van der Waals surface area contributed by atoms with E-state index in [9.17, 15) is 0 Å². The van der Waals surface area contributed by atoms with E-state index in [1.54, 1.807) is 0 Å². The number of aromatic nitrogens is 3. The third kappa shape index (κ3) is 2.59. The quantitative estimate of drug-likeness (QED) is 0.376. The van der Waals surface area contributed by atoms with Gasteiger partial charge in [0.15, 0.2) is 0 Å². The number of fused-ring (bicyclic) bond motifs is 3. The highest BCUT2D eigenvalue weighted by molar-refractivity contribution is 6.08. The lowest BCUT2D eigenvalue weighted by Gasteiger charge is -2.08. The van der Waals surface area contributed by atoms with Crippen molar-refractivity contribution in [2.24, 2.45) is 0 Å². The van der Waals surface area contributed by atoms with Crippen LogP contribution in [0.4, 0.5) is 0 Å². The van der Waals surface area contributed by atoms with Crippen LogP contribution in [-0.2, 0) is 0 Å². The Morgan fingerprint density at radius 1 is 0.750 bits per heavy atom. The lowest BCUT2D eigenvalue weighted by atomic mass is 10.1. The van der Waals surface area contributed by atoms with Gasteiger partial charge < -0.3 is 0 Å². The van der Waals surface area contributed by atoms with Gasteiger partial charge in [0.05, 0.1) is 16.7 Å². The third-order valence-electron chi connectivity index (χ3n) is 5.45. The third-order valence-corrected chi connectivity index (χ3v) is 5.45. The van der Waals surface area contributed by atoms with E-state index in [1.807, 2.05) is 24.4 Å². The van der Waals surface area contributed by atoms with Crippen LogP contribution in [-0.4, -0.2) is 14.8 Å². The molecule has 0 aliphatic carbocycles. The van der Waals surface area contributed by atoms with Crippen molar-refractivity contribution < 1.29 is 0 Å². The first-order valence-electron chi connectivity index (χ1n) is 9.53. The molecule has 0 fully saturated rings. The molecular formula is C25H21N3. The molecular weight excluding hydrogens is 342 g/mol. The van der Waals surface area contributed by atoms with Gasteiger partial charge in [-0.05, 0) is 55.7 Å². The predicted octanol–water partition coefficient (Wildman–Crippen LogP) is 6.17. The number of nitrogens with zero attached hydrogens (tertiary/aromatic N) is 3. The number of benzene rings is 3. The summed E-state index contributed by atoms with van der Waals surface area (Å²) in [7, 11) is 0. The van der Waals surface area contributed by atoms with Gasteiger partial charge in [0.1, 0.15) is 5.69 Å². The van der Waals surface area contributed by atoms with Crippen LogP contribution < -0.4 is 0 Å². The van der Waals surface area contributed by atoms with Gasteiger partial charge in [-0.15, -0.1) is 0 Å². The maximum absolute atomic E-state index is 5.05. The van der Waals surface area contributed by atoms with E-state index in [-0.39, 0.29) is 0 Å². The molecule has 0 aliphatic rings. The SMILES string of the molecule is Cc1ccc2c(c1)ncc1c(-c3ccccc3)nn(-c3ccc(C)c(C)c3)c12. The van der Waals surface area contributed by atoms with E-state index in [2.05, 4.69) is 74.0 Å². The number of hydrogen-bond donors (Lipinski definition) is 0. The molecule has 0 spiro atoms. The molecule has 0 saturated heterocycles. The lowest BCUT2D eigenvalue weighted by Crippen LogP contribution is -1.98. The summed E-state index contributed by atoms with van der Waals surface area (Å²) in [6.45, 7) is 6.38. The molecule has 3 nitrogen and oxygen atoms in total. The molecule has 2 heterocycles. The van der Waals surface area contributed by atoms with Crippen LogP contribution in [0.2, 0.25) is 0 Å². The Labute approximate surface area is 164 Å². The number of rotatable bonds is 2. The molecule has 28 heavy (non-hydrogen) atoms. The molecule has 3 heteroatoms. The molecule has 3 aromatic carbocycles. The average molecular weight is 363 g/mol. The summed E-state index contributed by atoms with van der Waals surface area (Å²) in [6, 6.07) is 23.3. The standard InChI is InChI=1S/C25H21N3/c1-16-9-12-21-23(13-16)26-15-22-24(19-7-5-4-6-8-19)27-28(25(21)22)20-11-10-17(2)18(3)14-20/h4-15H,1-3H3. The minimum Gasteiger partial charge on any atom is -0.255 e. The molecule has 0 radical (unpaired) electrons. The molecule has 5 aromatic rings. The number of pyridine rings is 1. The molecule has 0 saturated carbocycles. The molecule has 2 aromatic heterocycles. The summed E-state index contributed by atoms with van der Waals surface area (Å²) in [5.74, 6) is 0. The average Bonchev–Trinajstić information content (AvgIpc) is 3.10. The summed E-state index contributed by atoms with van der Waals surface area (Å²) in [4.78, 5) is 4.74. The van der Waals surface area contributed by atoms with Gasteiger partial charge in [-0.3, -0.25) is 4.98 Å². The van der Waals surface area contributed by atoms with Crippen molar-refractivity contribution in [3.05, 3.63) is 89.6 Å². The first kappa shape index (κ1) is 16.7. The minimum absolute atomic E-state index is 0.962. The van der Waals surface area contributed by atoms with E-state index < -0.39 is 0 Å². The first-order valence-corrected chi connectivity index (χ1v) is 9.53. The molecule has 0 aliphatic heterocycles. The van der Waals surface area contributed by atoms with Crippen LogP contribution >= 0.6 is 0 Å². The molecule has 0 unspecified atom stereocenters. The van der Waals surface area contributed by atoms with Crippen LogP contribution in [0.1, 0.15) is 16.7 Å². The van der Waals surface area contributed by atoms with Gasteiger partial charge in [0.2, 0.25) is 0 Å². The Bertz CT molecular complexity index is 1330. The predicted molar refractivity (Wildman–Crippen MR) is 116 cm³/mol. The Morgan fingerprint density at radius 3 is 2.36 bits per heavy atom. The number of hydrogen-bond acceptors (Lipinski definition) is 2. The first-order chi connectivity index (χ1) is 13.6. The molecule has 5 rings (SSSR count). The normalized spacial score (nSPS) is 11.4. The van der Waals surface area contributed by atoms with Gasteiger partial charge >= 0.3 is 0 Å². The van der Waals surface area contributed by atoms with Crippen molar-refractivity contribution in [2.45, 2.75) is 20.8 Å². The van der Waals surface area contributed by atoms with Crippen molar-refractivity contribution in [3.63, 3.8) is 0 Å². The second-order valence-electron chi connectivity index (χ2n) is 7.44. The van der Waals surface area contributed by atoms with Gasteiger partial charge in [-0.1, -0.05) is 48.5 Å². The lowest BCUT2D eigenvalue weighted by molar-refractivity contribution is 0.915. The zero-order valence-corrected chi connectivity index (χ0v) is 16.3. The van der Waals surface area contributed by atoms with Crippen LogP contribution in [0, 0.1) is 20.8 Å². The van der Waals surface area contributed by atoms with E-state index >= 15 is 0 Å². The van der Waals surface area contributed by atoms with E-state index in [0.717, 1.165) is 38.8 Å². The van der Waals surface area contributed by atoms with Crippen LogP contribution in [0.3, 0.4) is 0 Å². The minimum atomic E-state index is 0.962. The fraction of sp³-hybridized carbons (Fsp3) is 0.120. The van der Waals surface area contributed by atoms with Crippen LogP contribution in [0.15, 0.2) is 72.9 Å². The summed E-state index contributed by atoms with van der Waals surface area (Å²) >= 11 is 0. The van der Waals surface area contributed by atoms with Crippen molar-refractivity contribution >= 4 is 21.8 Å². The van der Waals surface area contributed by atoms with E-state index in [0.29, 0.717) is 0 Å². The Hall–Kier alpha value is -3.46. The fourth-order valence-electron chi connectivity index (χ4n) is 3.75. The van der Waals surface area contributed by atoms with Crippen molar-refractivity contribution in [1.29, 1.82) is 0 Å². The largest absolute Gasteiger partial charge is 0.255 e. The van der Waals surface area contributed by atoms with Crippen molar-refractivity contribution in [3.8, 4) is 16.9 Å². The highest BCUT2D eigenvalue weighted by atomic mass is 15.3. The van der Waals surface area contributed by atoms with Gasteiger partial charge in [-0.25, -0.2) is 4.68 Å². The summed E-state index contributed by atoms with van der Waals surface area (Å²) in [5.41, 5.74) is 8.99. The fourth-order valence-corrected chi connectivity index (χ4v) is 3.75. The zero-order valence-electron chi connectivity index (χ0n) is 16.3. The Morgan fingerprint density at radius 2 is 1.57 bits per heavy atom. The van der Waals surface area contributed by atoms with Crippen LogP contribution in [0.5, 0.6) is 0 Å². The molecule has 0 amide bonds. The van der Waals surface area contributed by atoms with Crippen molar-refractivity contribution in [1.82, 2.24) is 14.8 Å². The maximum atomic E-state index is 5.05. The second-order valence-corrected chi connectivity index (χ2v) is 7.44. The monoisotopic (exact) mass is 363 g/mol.